The van der Waals surface area contributed by atoms with Gasteiger partial charge in [0, 0.05) is 5.56 Å². The molecule has 1 rings (SSSR count). The van der Waals surface area contributed by atoms with Crippen LogP contribution in [0, 0.1) is 17.5 Å². The number of halogens is 3. The average Bonchev–Trinajstić information content (AvgIpc) is 2.11. The highest BCUT2D eigenvalue weighted by atomic mass is 19.2. The summed E-state index contributed by atoms with van der Waals surface area (Å²) < 4.78 is 39.1. The highest BCUT2D eigenvalue weighted by Crippen LogP contribution is 2.26. The Morgan fingerprint density at radius 2 is 1.87 bits per heavy atom. The Balaban J connectivity index is 3.12. The first-order valence-electron chi connectivity index (χ1n) is 4.28. The predicted octanol–water partition coefficient (Wildman–Crippen LogP) is 2.68. The number of rotatable bonds is 3. The van der Waals surface area contributed by atoms with Gasteiger partial charge in [0.25, 0.3) is 0 Å². The van der Waals surface area contributed by atoms with E-state index in [1.165, 1.54) is 6.92 Å². The van der Waals surface area contributed by atoms with Gasteiger partial charge in [0.15, 0.2) is 11.6 Å². The van der Waals surface area contributed by atoms with Gasteiger partial charge in [-0.15, -0.1) is 0 Å². The van der Waals surface area contributed by atoms with Crippen LogP contribution in [-0.4, -0.2) is 11.1 Å². The molecule has 82 valence electrons. The van der Waals surface area contributed by atoms with Gasteiger partial charge in [-0.25, -0.2) is 13.2 Å². The molecule has 0 saturated carbocycles. The smallest absolute Gasteiger partial charge is 0.303 e. The first-order chi connectivity index (χ1) is 6.93. The molecule has 15 heavy (non-hydrogen) atoms. The first kappa shape index (κ1) is 11.6. The Morgan fingerprint density at radius 1 is 1.33 bits per heavy atom. The van der Waals surface area contributed by atoms with Gasteiger partial charge in [-0.05, 0) is 18.1 Å². The molecule has 5 heteroatoms. The number of carboxylic acid groups (broad SMARTS) is 1. The van der Waals surface area contributed by atoms with Gasteiger partial charge < -0.3 is 5.11 Å². The molecule has 0 spiro atoms. The minimum atomic E-state index is -1.32. The zero-order chi connectivity index (χ0) is 11.6. The Kier molecular flexibility index (Phi) is 3.34. The van der Waals surface area contributed by atoms with Crippen molar-refractivity contribution < 1.29 is 23.1 Å². The van der Waals surface area contributed by atoms with Gasteiger partial charge in [-0.1, -0.05) is 6.92 Å². The van der Waals surface area contributed by atoms with Crippen LogP contribution in [0.25, 0.3) is 0 Å². The molecule has 1 N–H and O–H groups in total. The number of hydrogen-bond donors (Lipinski definition) is 1. The maximum atomic E-state index is 13.2. The quantitative estimate of drug-likeness (QED) is 0.792. The molecular weight excluding hydrogens is 209 g/mol. The largest absolute Gasteiger partial charge is 0.481 e. The fraction of sp³-hybridized carbons (Fsp3) is 0.300. The minimum Gasteiger partial charge on any atom is -0.481 e. The van der Waals surface area contributed by atoms with Gasteiger partial charge in [0.2, 0.25) is 0 Å². The van der Waals surface area contributed by atoms with Crippen LogP contribution in [-0.2, 0) is 4.79 Å². The van der Waals surface area contributed by atoms with Gasteiger partial charge >= 0.3 is 5.97 Å². The molecule has 1 aromatic carbocycles. The van der Waals surface area contributed by atoms with E-state index in [0.717, 1.165) is 6.07 Å². The van der Waals surface area contributed by atoms with Crippen molar-refractivity contribution in [2.45, 2.75) is 19.3 Å². The summed E-state index contributed by atoms with van der Waals surface area (Å²) in [7, 11) is 0. The van der Waals surface area contributed by atoms with Crippen molar-refractivity contribution in [1.29, 1.82) is 0 Å². The molecule has 0 aliphatic heterocycles. The van der Waals surface area contributed by atoms with E-state index in [9.17, 15) is 18.0 Å². The van der Waals surface area contributed by atoms with Crippen molar-refractivity contribution >= 4 is 5.97 Å². The van der Waals surface area contributed by atoms with E-state index >= 15 is 0 Å². The van der Waals surface area contributed by atoms with E-state index in [1.54, 1.807) is 0 Å². The number of aliphatic carboxylic acids is 1. The summed E-state index contributed by atoms with van der Waals surface area (Å²) in [6.45, 7) is 1.33. The molecule has 0 aromatic heterocycles. The van der Waals surface area contributed by atoms with Crippen LogP contribution in [0.2, 0.25) is 0 Å². The lowest BCUT2D eigenvalue weighted by Crippen LogP contribution is -2.08. The van der Waals surface area contributed by atoms with Gasteiger partial charge in [0.1, 0.15) is 5.82 Å². The van der Waals surface area contributed by atoms with Gasteiger partial charge in [0.05, 0.1) is 6.42 Å². The fourth-order valence-corrected chi connectivity index (χ4v) is 1.36. The molecule has 0 aliphatic rings. The van der Waals surface area contributed by atoms with E-state index in [-0.39, 0.29) is 0 Å². The van der Waals surface area contributed by atoms with Gasteiger partial charge in [-0.3, -0.25) is 4.79 Å². The zero-order valence-electron chi connectivity index (χ0n) is 7.93. The van der Waals surface area contributed by atoms with Crippen molar-refractivity contribution in [1.82, 2.24) is 0 Å². The van der Waals surface area contributed by atoms with E-state index < -0.39 is 41.3 Å². The lowest BCUT2D eigenvalue weighted by molar-refractivity contribution is -0.137. The maximum absolute atomic E-state index is 13.2. The summed E-state index contributed by atoms with van der Waals surface area (Å²) in [5.74, 6) is -5.51. The second kappa shape index (κ2) is 4.33. The number of benzene rings is 1. The van der Waals surface area contributed by atoms with E-state index in [1.807, 2.05) is 0 Å². The van der Waals surface area contributed by atoms with Crippen molar-refractivity contribution in [2.24, 2.45) is 0 Å². The lowest BCUT2D eigenvalue weighted by Gasteiger charge is -2.11. The molecule has 1 aromatic rings. The van der Waals surface area contributed by atoms with Gasteiger partial charge in [-0.2, -0.15) is 0 Å². The minimum absolute atomic E-state index is 0.447. The molecule has 0 aliphatic carbocycles. The second-order valence-corrected chi connectivity index (χ2v) is 3.26. The molecule has 0 radical (unpaired) electrons. The van der Waals surface area contributed by atoms with Crippen LogP contribution >= 0.6 is 0 Å². The molecule has 0 amide bonds. The molecule has 0 unspecified atom stereocenters. The lowest BCUT2D eigenvalue weighted by atomic mass is 9.96. The summed E-state index contributed by atoms with van der Waals surface area (Å²) in [5.41, 5.74) is -0.516. The normalized spacial score (nSPS) is 12.5. The van der Waals surface area contributed by atoms with Crippen molar-refractivity contribution in [3.63, 3.8) is 0 Å². The number of carbonyl (C=O) groups is 1. The van der Waals surface area contributed by atoms with Crippen LogP contribution in [0.5, 0.6) is 0 Å². The molecular formula is C10H9F3O2. The Labute approximate surface area is 84.3 Å². The van der Waals surface area contributed by atoms with E-state index in [0.29, 0.717) is 6.07 Å². The van der Waals surface area contributed by atoms with Crippen molar-refractivity contribution in [3.8, 4) is 0 Å². The second-order valence-electron chi connectivity index (χ2n) is 3.26. The highest BCUT2D eigenvalue weighted by Gasteiger charge is 2.21. The van der Waals surface area contributed by atoms with Crippen molar-refractivity contribution in [2.75, 3.05) is 0 Å². The Hall–Kier alpha value is -1.52. The van der Waals surface area contributed by atoms with Crippen LogP contribution in [0.15, 0.2) is 12.1 Å². The highest BCUT2D eigenvalue weighted by molar-refractivity contribution is 5.68. The molecule has 0 saturated heterocycles. The summed E-state index contributed by atoms with van der Waals surface area (Å²) in [5, 5.41) is 8.46. The zero-order valence-corrected chi connectivity index (χ0v) is 7.93. The summed E-state index contributed by atoms with van der Waals surface area (Å²) in [6.07, 6.45) is -0.447. The fourth-order valence-electron chi connectivity index (χ4n) is 1.36. The van der Waals surface area contributed by atoms with Crippen molar-refractivity contribution in [3.05, 3.63) is 35.1 Å². The third-order valence-electron chi connectivity index (χ3n) is 2.05. The predicted molar refractivity (Wildman–Crippen MR) is 47.0 cm³/mol. The molecule has 0 fully saturated rings. The Bertz CT molecular complexity index is 390. The third kappa shape index (κ3) is 2.49. The first-order valence-corrected chi connectivity index (χ1v) is 4.28. The summed E-state index contributed by atoms with van der Waals surface area (Å²) in [6, 6.07) is 1.45. The van der Waals surface area contributed by atoms with Crippen LogP contribution < -0.4 is 0 Å². The molecule has 0 bridgehead atoms. The monoisotopic (exact) mass is 218 g/mol. The summed E-state index contributed by atoms with van der Waals surface area (Å²) >= 11 is 0. The van der Waals surface area contributed by atoms with E-state index in [2.05, 4.69) is 0 Å². The van der Waals surface area contributed by atoms with Crippen LogP contribution in [0.1, 0.15) is 24.8 Å². The molecule has 2 nitrogen and oxygen atoms in total. The standard InChI is InChI=1S/C10H9F3O2/c1-5(4-8(14)15)9-6(11)2-3-7(12)10(9)13/h2-3,5H,4H2,1H3,(H,14,15)/t5-/m1/s1. The summed E-state index contributed by atoms with van der Waals surface area (Å²) in [4.78, 5) is 10.4. The SMILES string of the molecule is C[C@H](CC(=O)O)c1c(F)ccc(F)c1F. The Morgan fingerprint density at radius 3 is 2.40 bits per heavy atom. The average molecular weight is 218 g/mol. The number of carboxylic acids is 1. The van der Waals surface area contributed by atoms with Crippen LogP contribution in [0.4, 0.5) is 13.2 Å². The van der Waals surface area contributed by atoms with E-state index in [4.69, 9.17) is 5.11 Å². The third-order valence-corrected chi connectivity index (χ3v) is 2.05. The maximum Gasteiger partial charge on any atom is 0.303 e. The number of hydrogen-bond acceptors (Lipinski definition) is 1. The molecule has 1 atom stereocenters. The topological polar surface area (TPSA) is 37.3 Å². The van der Waals surface area contributed by atoms with Crippen LogP contribution in [0.3, 0.4) is 0 Å². The molecule has 0 heterocycles.